The molecule has 2 aromatic carbocycles. The summed E-state index contributed by atoms with van der Waals surface area (Å²) in [5.41, 5.74) is 1.09. The normalized spacial score (nSPS) is 14.8. The number of rotatable bonds is 9. The lowest BCUT2D eigenvalue weighted by molar-refractivity contribution is -0.124. The van der Waals surface area contributed by atoms with Crippen LogP contribution in [-0.2, 0) is 4.79 Å². The molecule has 3 amide bonds. The molecule has 1 unspecified atom stereocenters. The van der Waals surface area contributed by atoms with Gasteiger partial charge in [-0.25, -0.2) is 4.79 Å². The zero-order valence-corrected chi connectivity index (χ0v) is 15.8. The molecular weight excluding hydrogens is 372 g/mol. The third-order valence-corrected chi connectivity index (χ3v) is 4.45. The molecule has 8 heteroatoms. The van der Waals surface area contributed by atoms with E-state index in [9.17, 15) is 14.7 Å². The molecule has 0 spiro atoms. The molecule has 1 aliphatic rings. The van der Waals surface area contributed by atoms with Gasteiger partial charge in [-0.3, -0.25) is 14.6 Å². The number of urea groups is 1. The molecule has 3 rings (SSSR count). The number of nitriles is 1. The van der Waals surface area contributed by atoms with Gasteiger partial charge in [-0.05, 0) is 24.3 Å². The topological polar surface area (TPSA) is 106 Å². The maximum Gasteiger partial charge on any atom is 0.331 e. The Kier molecular flexibility index (Phi) is 6.79. The lowest BCUT2D eigenvalue weighted by Gasteiger charge is -2.18. The summed E-state index contributed by atoms with van der Waals surface area (Å²) in [6.07, 6.45) is -0.799. The molecule has 1 aliphatic heterocycles. The monoisotopic (exact) mass is 394 g/mol. The van der Waals surface area contributed by atoms with Gasteiger partial charge in [0.25, 0.3) is 5.91 Å². The Morgan fingerprint density at radius 1 is 1.14 bits per heavy atom. The summed E-state index contributed by atoms with van der Waals surface area (Å²) in [5.74, 6) is 0.168. The first kappa shape index (κ1) is 20.3. The van der Waals surface area contributed by atoms with Crippen molar-refractivity contribution in [2.75, 3.05) is 37.7 Å². The number of aliphatic hydroxyl groups is 1. The SMILES string of the molecule is N#Cc1ccccc1OCC(O)CNCCN1C(=O)CN(c2ccccc2)C1=O. The summed E-state index contributed by atoms with van der Waals surface area (Å²) < 4.78 is 5.48. The molecule has 150 valence electrons. The molecule has 0 radical (unpaired) electrons. The van der Waals surface area contributed by atoms with Gasteiger partial charge < -0.3 is 15.2 Å². The predicted molar refractivity (Wildman–Crippen MR) is 106 cm³/mol. The van der Waals surface area contributed by atoms with Crippen molar-refractivity contribution in [2.24, 2.45) is 0 Å². The molecule has 1 fully saturated rings. The number of aliphatic hydroxyl groups excluding tert-OH is 1. The number of anilines is 1. The lowest BCUT2D eigenvalue weighted by atomic mass is 10.2. The highest BCUT2D eigenvalue weighted by Gasteiger charge is 2.36. The highest BCUT2D eigenvalue weighted by atomic mass is 16.5. The minimum absolute atomic E-state index is 0.0229. The van der Waals surface area contributed by atoms with Crippen molar-refractivity contribution in [2.45, 2.75) is 6.10 Å². The zero-order chi connectivity index (χ0) is 20.6. The van der Waals surface area contributed by atoms with Crippen LogP contribution in [0.1, 0.15) is 5.56 Å². The third kappa shape index (κ3) is 5.10. The first-order chi connectivity index (χ1) is 14.1. The van der Waals surface area contributed by atoms with E-state index in [2.05, 4.69) is 5.32 Å². The third-order valence-electron chi connectivity index (χ3n) is 4.45. The summed E-state index contributed by atoms with van der Waals surface area (Å²) >= 11 is 0. The van der Waals surface area contributed by atoms with Crippen LogP contribution in [0.25, 0.3) is 0 Å². The summed E-state index contributed by atoms with van der Waals surface area (Å²) in [6, 6.07) is 17.5. The van der Waals surface area contributed by atoms with Crippen LogP contribution >= 0.6 is 0 Å². The first-order valence-corrected chi connectivity index (χ1v) is 9.27. The standard InChI is InChI=1S/C21H22N4O4/c22-12-16-6-4-5-9-19(16)29-15-18(26)13-23-10-11-24-20(27)14-25(21(24)28)17-7-2-1-3-8-17/h1-9,18,23,26H,10-11,13-15H2. The van der Waals surface area contributed by atoms with Crippen LogP contribution in [0.15, 0.2) is 54.6 Å². The Bertz CT molecular complexity index is 897. The van der Waals surface area contributed by atoms with Crippen molar-refractivity contribution in [3.05, 3.63) is 60.2 Å². The smallest absolute Gasteiger partial charge is 0.331 e. The number of imide groups is 1. The van der Waals surface area contributed by atoms with E-state index < -0.39 is 6.10 Å². The molecule has 0 aliphatic carbocycles. The molecule has 2 aromatic rings. The van der Waals surface area contributed by atoms with Crippen molar-refractivity contribution in [3.8, 4) is 11.8 Å². The average molecular weight is 394 g/mol. The average Bonchev–Trinajstić information content (AvgIpc) is 3.04. The number of para-hydroxylation sites is 2. The van der Waals surface area contributed by atoms with Crippen molar-refractivity contribution < 1.29 is 19.4 Å². The van der Waals surface area contributed by atoms with E-state index >= 15 is 0 Å². The number of ether oxygens (including phenoxy) is 1. The Morgan fingerprint density at radius 2 is 1.86 bits per heavy atom. The first-order valence-electron chi connectivity index (χ1n) is 9.27. The lowest BCUT2D eigenvalue weighted by Crippen LogP contribution is -2.40. The highest BCUT2D eigenvalue weighted by Crippen LogP contribution is 2.20. The van der Waals surface area contributed by atoms with E-state index in [-0.39, 0.29) is 38.2 Å². The largest absolute Gasteiger partial charge is 0.489 e. The molecule has 1 heterocycles. The van der Waals surface area contributed by atoms with Crippen LogP contribution in [0.5, 0.6) is 5.75 Å². The van der Waals surface area contributed by atoms with Gasteiger partial charge in [0.1, 0.15) is 31.1 Å². The van der Waals surface area contributed by atoms with E-state index in [1.165, 1.54) is 9.80 Å². The number of benzene rings is 2. The van der Waals surface area contributed by atoms with Crippen molar-refractivity contribution in [1.82, 2.24) is 10.2 Å². The van der Waals surface area contributed by atoms with Crippen molar-refractivity contribution in [3.63, 3.8) is 0 Å². The van der Waals surface area contributed by atoms with E-state index in [0.717, 1.165) is 0 Å². The molecule has 0 bridgehead atoms. The van der Waals surface area contributed by atoms with Crippen LogP contribution in [0.2, 0.25) is 0 Å². The van der Waals surface area contributed by atoms with Gasteiger partial charge in [0.15, 0.2) is 0 Å². The second-order valence-electron chi connectivity index (χ2n) is 6.53. The van der Waals surface area contributed by atoms with E-state index in [4.69, 9.17) is 10.00 Å². The Balaban J connectivity index is 1.40. The van der Waals surface area contributed by atoms with Crippen molar-refractivity contribution in [1.29, 1.82) is 5.26 Å². The number of hydrogen-bond acceptors (Lipinski definition) is 6. The predicted octanol–water partition coefficient (Wildman–Crippen LogP) is 1.36. The van der Waals surface area contributed by atoms with Gasteiger partial charge in [0.2, 0.25) is 0 Å². The fourth-order valence-corrected chi connectivity index (χ4v) is 2.96. The van der Waals surface area contributed by atoms with E-state index in [0.29, 0.717) is 23.5 Å². The molecular formula is C21H22N4O4. The fraction of sp³-hybridized carbons (Fsp3) is 0.286. The number of carbonyl (C=O) groups excluding carboxylic acids is 2. The molecule has 1 atom stereocenters. The molecule has 0 aromatic heterocycles. The summed E-state index contributed by atoms with van der Waals surface area (Å²) in [6.45, 7) is 0.845. The van der Waals surface area contributed by atoms with Crippen molar-refractivity contribution >= 4 is 17.6 Å². The quantitative estimate of drug-likeness (QED) is 0.491. The number of nitrogens with zero attached hydrogens (tertiary/aromatic N) is 3. The molecule has 2 N–H and O–H groups in total. The molecule has 8 nitrogen and oxygen atoms in total. The summed E-state index contributed by atoms with van der Waals surface area (Å²) in [4.78, 5) is 27.3. The Morgan fingerprint density at radius 3 is 2.62 bits per heavy atom. The Hall–Kier alpha value is -3.41. The van der Waals surface area contributed by atoms with Gasteiger partial charge in [0.05, 0.1) is 5.56 Å². The van der Waals surface area contributed by atoms with Crippen LogP contribution in [0.4, 0.5) is 10.5 Å². The molecule has 29 heavy (non-hydrogen) atoms. The van der Waals surface area contributed by atoms with Gasteiger partial charge >= 0.3 is 6.03 Å². The van der Waals surface area contributed by atoms with Gasteiger partial charge in [-0.1, -0.05) is 30.3 Å². The Labute approximate surface area is 168 Å². The zero-order valence-electron chi connectivity index (χ0n) is 15.8. The minimum atomic E-state index is -0.799. The second-order valence-corrected chi connectivity index (χ2v) is 6.53. The second kappa shape index (κ2) is 9.68. The summed E-state index contributed by atoms with van der Waals surface area (Å²) in [5, 5.41) is 22.1. The molecule has 0 saturated carbocycles. The number of amides is 3. The van der Waals surface area contributed by atoms with E-state index in [1.54, 1.807) is 36.4 Å². The van der Waals surface area contributed by atoms with Crippen LogP contribution in [-0.4, -0.2) is 60.8 Å². The number of hydrogen-bond donors (Lipinski definition) is 2. The van der Waals surface area contributed by atoms with Crippen LogP contribution in [0, 0.1) is 11.3 Å². The van der Waals surface area contributed by atoms with E-state index in [1.807, 2.05) is 24.3 Å². The van der Waals surface area contributed by atoms with Crippen LogP contribution < -0.4 is 15.0 Å². The maximum atomic E-state index is 12.5. The maximum absolute atomic E-state index is 12.5. The molecule has 1 saturated heterocycles. The minimum Gasteiger partial charge on any atom is -0.489 e. The summed E-state index contributed by atoms with van der Waals surface area (Å²) in [7, 11) is 0. The van der Waals surface area contributed by atoms with Gasteiger partial charge in [-0.2, -0.15) is 5.26 Å². The van der Waals surface area contributed by atoms with Crippen LogP contribution in [0.3, 0.4) is 0 Å². The number of nitrogens with one attached hydrogen (secondary N) is 1. The highest BCUT2D eigenvalue weighted by molar-refractivity contribution is 6.12. The van der Waals surface area contributed by atoms with Gasteiger partial charge in [-0.15, -0.1) is 0 Å². The fourth-order valence-electron chi connectivity index (χ4n) is 2.96. The van der Waals surface area contributed by atoms with Gasteiger partial charge in [0, 0.05) is 25.3 Å². The number of carbonyl (C=O) groups is 2.